The van der Waals surface area contributed by atoms with Gasteiger partial charge in [0.1, 0.15) is 17.6 Å². The summed E-state index contributed by atoms with van der Waals surface area (Å²) in [6.45, 7) is 0. The fourth-order valence-electron chi connectivity index (χ4n) is 5.56. The zero-order chi connectivity index (χ0) is 21.6. The van der Waals surface area contributed by atoms with E-state index in [0.717, 1.165) is 11.3 Å². The van der Waals surface area contributed by atoms with Crippen molar-refractivity contribution >= 4 is 22.5 Å². The number of aromatic nitrogens is 2. The maximum atomic E-state index is 13.9. The first-order chi connectivity index (χ1) is 15.6. The quantitative estimate of drug-likeness (QED) is 0.455. The number of aliphatic hydroxyl groups is 1. The Morgan fingerprint density at radius 2 is 1.72 bits per heavy atom. The second-order valence-corrected chi connectivity index (χ2v) is 8.59. The highest BCUT2D eigenvalue weighted by atomic mass is 16.3. The van der Waals surface area contributed by atoms with Gasteiger partial charge in [-0.2, -0.15) is 0 Å². The number of para-hydroxylation sites is 3. The van der Waals surface area contributed by atoms with Gasteiger partial charge in [-0.3, -0.25) is 14.2 Å². The molecule has 4 heterocycles. The van der Waals surface area contributed by atoms with E-state index in [1.807, 2.05) is 42.5 Å². The molecule has 2 N–H and O–H groups in total. The van der Waals surface area contributed by atoms with Gasteiger partial charge in [0.05, 0.1) is 28.2 Å². The molecule has 32 heavy (non-hydrogen) atoms. The van der Waals surface area contributed by atoms with Crippen molar-refractivity contribution in [1.29, 1.82) is 0 Å². The highest BCUT2D eigenvalue weighted by molar-refractivity contribution is 6.00. The number of hydrogen-bond acceptors (Lipinski definition) is 5. The van der Waals surface area contributed by atoms with Crippen LogP contribution in [0.3, 0.4) is 0 Å². The van der Waals surface area contributed by atoms with Crippen molar-refractivity contribution in [3.8, 4) is 5.69 Å². The maximum Gasteiger partial charge on any atom is 0.266 e. The molecule has 0 radical (unpaired) electrons. The van der Waals surface area contributed by atoms with Gasteiger partial charge in [0.2, 0.25) is 0 Å². The van der Waals surface area contributed by atoms with E-state index in [0.29, 0.717) is 28.0 Å². The van der Waals surface area contributed by atoms with Gasteiger partial charge in [0.15, 0.2) is 0 Å². The van der Waals surface area contributed by atoms with E-state index in [1.165, 1.54) is 0 Å². The lowest BCUT2D eigenvalue weighted by Crippen LogP contribution is -2.46. The average molecular weight is 422 g/mol. The molecule has 0 aliphatic carbocycles. The highest BCUT2D eigenvalue weighted by Crippen LogP contribution is 2.54. The first-order valence-electron chi connectivity index (χ1n) is 10.6. The van der Waals surface area contributed by atoms with Crippen molar-refractivity contribution in [1.82, 2.24) is 14.5 Å². The van der Waals surface area contributed by atoms with Crippen LogP contribution in [0, 0.1) is 0 Å². The molecule has 0 bridgehead atoms. The van der Waals surface area contributed by atoms with Gasteiger partial charge >= 0.3 is 0 Å². The van der Waals surface area contributed by atoms with Crippen LogP contribution < -0.4 is 10.9 Å². The Hall–Kier alpha value is -3.97. The second kappa shape index (κ2) is 5.83. The number of nitrogens with zero attached hydrogens (tertiary/aromatic N) is 3. The lowest BCUT2D eigenvalue weighted by Gasteiger charge is -2.29. The minimum Gasteiger partial charge on any atom is -0.381 e. The highest BCUT2D eigenvalue weighted by Gasteiger charge is 2.60. The third kappa shape index (κ3) is 2.01. The van der Waals surface area contributed by atoms with Crippen LogP contribution in [0.15, 0.2) is 77.6 Å². The van der Waals surface area contributed by atoms with E-state index in [-0.39, 0.29) is 17.9 Å². The van der Waals surface area contributed by atoms with E-state index in [2.05, 4.69) is 5.32 Å². The lowest BCUT2D eigenvalue weighted by atomic mass is 9.91. The number of hydrogen-bond donors (Lipinski definition) is 2. The van der Waals surface area contributed by atoms with Crippen molar-refractivity contribution in [3.63, 3.8) is 0 Å². The van der Waals surface area contributed by atoms with Crippen LogP contribution in [0.1, 0.15) is 34.2 Å². The van der Waals surface area contributed by atoms with E-state index in [4.69, 9.17) is 4.98 Å². The van der Waals surface area contributed by atoms with Crippen LogP contribution in [-0.4, -0.2) is 31.6 Å². The van der Waals surface area contributed by atoms with Crippen molar-refractivity contribution < 1.29 is 9.90 Å². The number of rotatable bonds is 0. The Morgan fingerprint density at radius 1 is 0.969 bits per heavy atom. The standard InChI is InChI=1S/C25H18N4O3/c30-22-14-7-1-4-10-17(14)26-21-20-13-25(32)16-9-3-5-11-18(16)27-24(25)29(20)23(31)15-8-2-6-12-19(15)28(21)22/h1-12,20,24,27,32H,13H2/t20-,24-,25+/m1/s1. The van der Waals surface area contributed by atoms with E-state index >= 15 is 0 Å². The third-order valence-corrected chi connectivity index (χ3v) is 6.97. The van der Waals surface area contributed by atoms with E-state index in [9.17, 15) is 14.7 Å². The van der Waals surface area contributed by atoms with Crippen LogP contribution in [0.2, 0.25) is 0 Å². The smallest absolute Gasteiger partial charge is 0.266 e. The largest absolute Gasteiger partial charge is 0.381 e. The Labute approximate surface area is 182 Å². The van der Waals surface area contributed by atoms with Gasteiger partial charge in [-0.25, -0.2) is 4.98 Å². The van der Waals surface area contributed by atoms with Crippen molar-refractivity contribution in [3.05, 3.63) is 100 Å². The average Bonchev–Trinajstić information content (AvgIpc) is 3.23. The zero-order valence-electron chi connectivity index (χ0n) is 16.9. The van der Waals surface area contributed by atoms with Crippen LogP contribution in [0.25, 0.3) is 16.6 Å². The van der Waals surface area contributed by atoms with Crippen LogP contribution >= 0.6 is 0 Å². The number of carbonyl (C=O) groups excluding carboxylic acids is 1. The molecule has 3 aliphatic rings. The molecular formula is C25H18N4O3. The summed E-state index contributed by atoms with van der Waals surface area (Å²) in [7, 11) is 0. The second-order valence-electron chi connectivity index (χ2n) is 8.59. The summed E-state index contributed by atoms with van der Waals surface area (Å²) >= 11 is 0. The molecule has 1 aromatic heterocycles. The molecule has 156 valence electrons. The van der Waals surface area contributed by atoms with Gasteiger partial charge < -0.3 is 15.3 Å². The molecule has 1 amide bonds. The van der Waals surface area contributed by atoms with Crippen LogP contribution in [0.4, 0.5) is 5.69 Å². The molecule has 1 saturated heterocycles. The molecule has 7 heteroatoms. The number of carbonyl (C=O) groups is 1. The molecule has 7 nitrogen and oxygen atoms in total. The van der Waals surface area contributed by atoms with Gasteiger partial charge in [-0.1, -0.05) is 42.5 Å². The topological polar surface area (TPSA) is 87.5 Å². The molecule has 1 fully saturated rings. The van der Waals surface area contributed by atoms with Crippen LogP contribution in [-0.2, 0) is 5.60 Å². The molecule has 3 aliphatic heterocycles. The third-order valence-electron chi connectivity index (χ3n) is 6.97. The zero-order valence-corrected chi connectivity index (χ0v) is 16.9. The lowest BCUT2D eigenvalue weighted by molar-refractivity contribution is 0.0185. The molecule has 0 unspecified atom stereocenters. The predicted molar refractivity (Wildman–Crippen MR) is 119 cm³/mol. The maximum absolute atomic E-state index is 13.9. The Bertz CT molecular complexity index is 1530. The summed E-state index contributed by atoms with van der Waals surface area (Å²) in [5.41, 5.74) is 1.58. The van der Waals surface area contributed by atoms with Crippen molar-refractivity contribution in [2.24, 2.45) is 0 Å². The fraction of sp³-hybridized carbons (Fsp3) is 0.160. The summed E-state index contributed by atoms with van der Waals surface area (Å²) in [4.78, 5) is 34.0. The molecule has 7 rings (SSSR count). The normalized spacial score (nSPS) is 24.8. The van der Waals surface area contributed by atoms with Crippen molar-refractivity contribution in [2.45, 2.75) is 24.2 Å². The van der Waals surface area contributed by atoms with Gasteiger partial charge in [-0.15, -0.1) is 0 Å². The van der Waals surface area contributed by atoms with Crippen LogP contribution in [0.5, 0.6) is 0 Å². The predicted octanol–water partition coefficient (Wildman–Crippen LogP) is 2.93. The SMILES string of the molecule is O=C1c2ccccc2-n2c(nc3ccccc3c2=O)[C@H]2C[C@]3(O)c4ccccc4N[C@@H]3N12. The summed E-state index contributed by atoms with van der Waals surface area (Å²) in [6, 6.07) is 21.3. The first-order valence-corrected chi connectivity index (χ1v) is 10.6. The fourth-order valence-corrected chi connectivity index (χ4v) is 5.56. The Kier molecular flexibility index (Phi) is 3.22. The minimum absolute atomic E-state index is 0.217. The first kappa shape index (κ1) is 17.7. The Morgan fingerprint density at radius 3 is 2.62 bits per heavy atom. The number of nitrogens with one attached hydrogen (secondary N) is 1. The minimum atomic E-state index is -1.28. The molecule has 3 aromatic carbocycles. The monoisotopic (exact) mass is 422 g/mol. The summed E-state index contributed by atoms with van der Waals surface area (Å²) < 4.78 is 1.55. The Balaban J connectivity index is 1.56. The molecule has 3 atom stereocenters. The number of benzene rings is 3. The van der Waals surface area contributed by atoms with Gasteiger partial charge in [-0.05, 0) is 30.3 Å². The number of fused-ring (bicyclic) bond motifs is 10. The molecule has 0 saturated carbocycles. The number of amides is 1. The summed E-state index contributed by atoms with van der Waals surface area (Å²) in [5, 5.41) is 15.6. The van der Waals surface area contributed by atoms with E-state index < -0.39 is 17.8 Å². The molecule has 4 aromatic rings. The molecular weight excluding hydrogens is 404 g/mol. The van der Waals surface area contributed by atoms with Crippen molar-refractivity contribution in [2.75, 3.05) is 5.32 Å². The van der Waals surface area contributed by atoms with Gasteiger partial charge in [0, 0.05) is 17.7 Å². The number of anilines is 1. The van der Waals surface area contributed by atoms with Gasteiger partial charge in [0.25, 0.3) is 11.5 Å². The summed E-state index contributed by atoms with van der Waals surface area (Å²) in [6.07, 6.45) is -0.410. The summed E-state index contributed by atoms with van der Waals surface area (Å²) in [5.74, 6) is 0.231. The van der Waals surface area contributed by atoms with E-state index in [1.54, 1.807) is 39.8 Å². The molecule has 0 spiro atoms.